The lowest BCUT2D eigenvalue weighted by molar-refractivity contribution is -0.312. The Hall–Kier alpha value is -3.90. The summed E-state index contributed by atoms with van der Waals surface area (Å²) >= 11 is 0. The fraction of sp³-hybridized carbons (Fsp3) is 0.286. The smallest absolute Gasteiger partial charge is 0.338 e. The highest BCUT2D eigenvalue weighted by Gasteiger charge is 2.50. The molecule has 1 saturated heterocycles. The van der Waals surface area contributed by atoms with Crippen LogP contribution < -0.4 is 0 Å². The van der Waals surface area contributed by atoms with Crippen LogP contribution in [0.15, 0.2) is 120 Å². The van der Waals surface area contributed by atoms with Gasteiger partial charge >= 0.3 is 5.97 Å². The van der Waals surface area contributed by atoms with Crippen molar-refractivity contribution in [3.05, 3.63) is 138 Å². The number of hydrogen-bond donors (Lipinski definition) is 0. The molecular weight excluding hydrogens is 596 g/mol. The van der Waals surface area contributed by atoms with E-state index in [9.17, 15) is 13.2 Å². The van der Waals surface area contributed by atoms with Crippen LogP contribution in [-0.4, -0.2) is 58.8 Å². The lowest BCUT2D eigenvalue weighted by Crippen LogP contribution is -2.62. The molecule has 10 heteroatoms. The van der Waals surface area contributed by atoms with E-state index in [-0.39, 0.29) is 25.0 Å². The SMILES string of the molecule is [2H]Cc1ccc(S(=O)(=O)OC[C@H]2OC(OC)[C@H](OCc3ccccc3)[C@@H](OCc3ccccc3)[C@@H]2OC(=O)c2ccccc2)cc1. The maximum atomic E-state index is 13.4. The Morgan fingerprint density at radius 3 is 1.87 bits per heavy atom. The number of carbonyl (C=O) groups excluding carboxylic acids is 1. The van der Waals surface area contributed by atoms with Gasteiger partial charge in [-0.15, -0.1) is 0 Å². The van der Waals surface area contributed by atoms with E-state index in [1.54, 1.807) is 42.5 Å². The van der Waals surface area contributed by atoms with Gasteiger partial charge in [-0.2, -0.15) is 8.42 Å². The van der Waals surface area contributed by atoms with Crippen molar-refractivity contribution < 1.29 is 42.5 Å². The molecule has 0 radical (unpaired) electrons. The molecule has 1 aliphatic heterocycles. The lowest BCUT2D eigenvalue weighted by atomic mass is 9.98. The maximum Gasteiger partial charge on any atom is 0.338 e. The first-order chi connectivity index (χ1) is 22.4. The first kappa shape index (κ1) is 31.1. The minimum Gasteiger partial charge on any atom is -0.453 e. The predicted molar refractivity (Wildman–Crippen MR) is 166 cm³/mol. The monoisotopic (exact) mass is 633 g/mol. The number of methoxy groups -OCH3 is 1. The van der Waals surface area contributed by atoms with Gasteiger partial charge in [-0.05, 0) is 42.3 Å². The molecule has 4 aromatic rings. The zero-order valence-electron chi connectivity index (χ0n) is 25.8. The van der Waals surface area contributed by atoms with Gasteiger partial charge in [0.1, 0.15) is 18.3 Å². The molecule has 236 valence electrons. The Balaban J connectivity index is 1.46. The Morgan fingerprint density at radius 2 is 1.31 bits per heavy atom. The highest BCUT2D eigenvalue weighted by atomic mass is 32.2. The number of aryl methyl sites for hydroxylation is 1. The summed E-state index contributed by atoms with van der Waals surface area (Å²) in [6.45, 7) is -0.169. The zero-order chi connectivity index (χ0) is 32.4. The van der Waals surface area contributed by atoms with Crippen LogP contribution in [0.2, 0.25) is 0 Å². The molecule has 0 N–H and O–H groups in total. The van der Waals surface area contributed by atoms with Gasteiger partial charge in [-0.3, -0.25) is 4.18 Å². The Kier molecular flexibility index (Phi) is 10.6. The molecule has 1 heterocycles. The molecule has 0 spiro atoms. The number of esters is 1. The molecule has 0 amide bonds. The summed E-state index contributed by atoms with van der Waals surface area (Å²) < 4.78 is 70.0. The van der Waals surface area contributed by atoms with Crippen molar-refractivity contribution in [1.29, 1.82) is 0 Å². The molecule has 45 heavy (non-hydrogen) atoms. The fourth-order valence-electron chi connectivity index (χ4n) is 4.89. The van der Waals surface area contributed by atoms with Gasteiger partial charge in [0.25, 0.3) is 10.1 Å². The molecule has 5 rings (SSSR count). The summed E-state index contributed by atoms with van der Waals surface area (Å²) in [5.41, 5.74) is 2.71. The Bertz CT molecular complexity index is 1620. The van der Waals surface area contributed by atoms with Crippen LogP contribution in [0, 0.1) is 6.90 Å². The molecule has 0 aliphatic carbocycles. The molecular formula is C35H36O9S. The maximum absolute atomic E-state index is 13.4. The van der Waals surface area contributed by atoms with Gasteiger partial charge in [0.2, 0.25) is 0 Å². The predicted octanol–water partition coefficient (Wildman–Crippen LogP) is 5.47. The van der Waals surface area contributed by atoms with E-state index in [0.717, 1.165) is 11.1 Å². The van der Waals surface area contributed by atoms with E-state index >= 15 is 0 Å². The Morgan fingerprint density at radius 1 is 0.756 bits per heavy atom. The van der Waals surface area contributed by atoms with Crippen LogP contribution in [-0.2, 0) is 51.2 Å². The van der Waals surface area contributed by atoms with Crippen molar-refractivity contribution in [3.8, 4) is 0 Å². The summed E-state index contributed by atoms with van der Waals surface area (Å²) in [6.07, 6.45) is -5.15. The molecule has 9 nitrogen and oxygen atoms in total. The lowest BCUT2D eigenvalue weighted by Gasteiger charge is -2.45. The molecule has 5 atom stereocenters. The molecule has 0 saturated carbocycles. The fourth-order valence-corrected chi connectivity index (χ4v) is 5.81. The number of carbonyl (C=O) groups is 1. The molecule has 0 bridgehead atoms. The largest absolute Gasteiger partial charge is 0.453 e. The van der Waals surface area contributed by atoms with E-state index in [0.29, 0.717) is 11.1 Å². The van der Waals surface area contributed by atoms with E-state index in [1.165, 1.54) is 19.2 Å². The van der Waals surface area contributed by atoms with Crippen LogP contribution in [0.3, 0.4) is 0 Å². The van der Waals surface area contributed by atoms with Crippen molar-refractivity contribution in [3.63, 3.8) is 0 Å². The molecule has 1 aliphatic rings. The standard InChI is InChI=1S/C35H36O9S/c1-25-18-20-29(21-19-25)45(37,38)42-24-30-31(44-34(36)28-16-10-5-11-17-28)32(40-22-26-12-6-3-7-13-26)33(35(39-2)43-30)41-23-27-14-8-4-9-15-27/h3-21,30-33,35H,22-24H2,1-2H3/t30-,31-,32+,33-,35?/m1/s1/i1D. The second-order valence-corrected chi connectivity index (χ2v) is 12.0. The molecule has 4 aromatic carbocycles. The third-order valence-corrected chi connectivity index (χ3v) is 8.54. The van der Waals surface area contributed by atoms with Gasteiger partial charge in [-0.1, -0.05) is 96.6 Å². The Labute approximate surface area is 265 Å². The number of benzene rings is 4. The van der Waals surface area contributed by atoms with Crippen LogP contribution >= 0.6 is 0 Å². The minimum absolute atomic E-state index is 0.0157. The second-order valence-electron chi connectivity index (χ2n) is 10.4. The van der Waals surface area contributed by atoms with E-state index < -0.39 is 53.4 Å². The van der Waals surface area contributed by atoms with Crippen LogP contribution in [0.1, 0.15) is 28.4 Å². The molecule has 1 fully saturated rings. The van der Waals surface area contributed by atoms with Crippen molar-refractivity contribution in [2.75, 3.05) is 13.7 Å². The summed E-state index contributed by atoms with van der Waals surface area (Å²) in [7, 11) is -2.80. The van der Waals surface area contributed by atoms with E-state index in [4.69, 9.17) is 29.2 Å². The number of rotatable bonds is 13. The first-order valence-electron chi connectivity index (χ1n) is 15.1. The zero-order valence-corrected chi connectivity index (χ0v) is 25.6. The topological polar surface area (TPSA) is 107 Å². The van der Waals surface area contributed by atoms with Crippen LogP contribution in [0.5, 0.6) is 0 Å². The number of hydrogen-bond acceptors (Lipinski definition) is 9. The van der Waals surface area contributed by atoms with Gasteiger partial charge < -0.3 is 23.7 Å². The summed E-state index contributed by atoms with van der Waals surface area (Å²) in [4.78, 5) is 13.3. The first-order valence-corrected chi connectivity index (χ1v) is 15.8. The molecule has 0 aromatic heterocycles. The van der Waals surface area contributed by atoms with E-state index in [2.05, 4.69) is 0 Å². The average molecular weight is 634 g/mol. The van der Waals surface area contributed by atoms with Crippen molar-refractivity contribution in [2.45, 2.75) is 55.7 Å². The average Bonchev–Trinajstić information content (AvgIpc) is 3.10. The second kappa shape index (κ2) is 15.4. The minimum atomic E-state index is -4.24. The summed E-state index contributed by atoms with van der Waals surface area (Å²) in [5, 5.41) is 0. The van der Waals surface area contributed by atoms with Gasteiger partial charge in [0.05, 0.1) is 30.3 Å². The third-order valence-electron chi connectivity index (χ3n) is 7.25. The van der Waals surface area contributed by atoms with Crippen molar-refractivity contribution in [2.24, 2.45) is 0 Å². The van der Waals surface area contributed by atoms with Crippen molar-refractivity contribution in [1.82, 2.24) is 0 Å². The highest BCUT2D eigenvalue weighted by molar-refractivity contribution is 7.86. The van der Waals surface area contributed by atoms with Gasteiger partial charge in [-0.25, -0.2) is 4.79 Å². The summed E-state index contributed by atoms with van der Waals surface area (Å²) in [5.74, 6) is -0.654. The quantitative estimate of drug-likeness (QED) is 0.140. The van der Waals surface area contributed by atoms with Crippen LogP contribution in [0.4, 0.5) is 0 Å². The summed E-state index contributed by atoms with van der Waals surface area (Å²) in [6, 6.07) is 33.3. The van der Waals surface area contributed by atoms with Gasteiger partial charge in [0, 0.05) is 8.48 Å². The van der Waals surface area contributed by atoms with Crippen molar-refractivity contribution >= 4 is 16.1 Å². The van der Waals surface area contributed by atoms with Gasteiger partial charge in [0.15, 0.2) is 12.4 Å². The highest BCUT2D eigenvalue weighted by Crippen LogP contribution is 2.32. The normalized spacial score (nSPS) is 22.0. The number of ether oxygens (including phenoxy) is 5. The van der Waals surface area contributed by atoms with E-state index in [1.807, 2.05) is 60.7 Å². The van der Waals surface area contributed by atoms with Crippen LogP contribution in [0.25, 0.3) is 0 Å². The molecule has 1 unspecified atom stereocenters. The third kappa shape index (κ3) is 8.64.